The second kappa shape index (κ2) is 18.2. The van der Waals surface area contributed by atoms with Crippen molar-refractivity contribution in [1.29, 1.82) is 0 Å². The minimum atomic E-state index is -0.908. The Labute approximate surface area is 243 Å². The molecule has 40 heavy (non-hydrogen) atoms. The summed E-state index contributed by atoms with van der Waals surface area (Å²) in [6.45, 7) is 15.1. The molecule has 0 aromatic carbocycles. The van der Waals surface area contributed by atoms with Crippen molar-refractivity contribution >= 4 is 35.8 Å². The number of amides is 4. The Balaban J connectivity index is 2.72. The van der Waals surface area contributed by atoms with E-state index in [4.69, 9.17) is 14.2 Å². The third kappa shape index (κ3) is 17.4. The summed E-state index contributed by atoms with van der Waals surface area (Å²) in [4.78, 5) is 52.8. The summed E-state index contributed by atoms with van der Waals surface area (Å²) in [7, 11) is 0. The molecule has 232 valence electrons. The molecule has 1 fully saturated rings. The van der Waals surface area contributed by atoms with Crippen LogP contribution >= 0.6 is 11.8 Å². The van der Waals surface area contributed by atoms with Crippen molar-refractivity contribution in [2.24, 2.45) is 0 Å². The summed E-state index contributed by atoms with van der Waals surface area (Å²) in [5, 5.41) is 11.1. The number of hydrogen-bond acceptors (Lipinski definition) is 9. The van der Waals surface area contributed by atoms with E-state index in [1.807, 2.05) is 6.26 Å². The Morgan fingerprint density at radius 1 is 0.800 bits per heavy atom. The van der Waals surface area contributed by atoms with Gasteiger partial charge in [0.2, 0.25) is 11.8 Å². The van der Waals surface area contributed by atoms with Crippen molar-refractivity contribution in [2.75, 3.05) is 57.9 Å². The molecule has 12 nitrogen and oxygen atoms in total. The standard InChI is InChI=1S/C27H51N5O7S/c1-26(2,3)38-24(35)29-12-9-8-10-20(31-25(36)39-27(4,5)6)23(34)30-21(11-19-40-7)22(33)28-13-14-32-15-17-37-18-16-32/h20-21H,8-19H2,1-7H3,(H,28,33)(H,29,35)(H,30,34)(H,31,36)/t20-,21-/m0/s1. The van der Waals surface area contributed by atoms with E-state index >= 15 is 0 Å². The minimum Gasteiger partial charge on any atom is -0.444 e. The molecule has 13 heteroatoms. The van der Waals surface area contributed by atoms with E-state index in [-0.39, 0.29) is 5.91 Å². The fraction of sp³-hybridized carbons (Fsp3) is 0.852. The Morgan fingerprint density at radius 3 is 2.00 bits per heavy atom. The molecule has 1 aliphatic heterocycles. The van der Waals surface area contributed by atoms with Crippen LogP contribution < -0.4 is 21.3 Å². The molecule has 0 aromatic rings. The lowest BCUT2D eigenvalue weighted by molar-refractivity contribution is -0.130. The zero-order valence-corrected chi connectivity index (χ0v) is 26.2. The molecule has 4 N–H and O–H groups in total. The first kappa shape index (κ1) is 35.8. The molecule has 2 atom stereocenters. The Morgan fingerprint density at radius 2 is 1.40 bits per heavy atom. The predicted molar refractivity (Wildman–Crippen MR) is 156 cm³/mol. The maximum Gasteiger partial charge on any atom is 0.408 e. The molecule has 0 aliphatic carbocycles. The fourth-order valence-corrected chi connectivity index (χ4v) is 4.23. The van der Waals surface area contributed by atoms with Crippen LogP contribution in [0.2, 0.25) is 0 Å². The van der Waals surface area contributed by atoms with E-state index < -0.39 is 41.4 Å². The highest BCUT2D eigenvalue weighted by atomic mass is 32.2. The van der Waals surface area contributed by atoms with E-state index in [0.29, 0.717) is 64.3 Å². The maximum absolute atomic E-state index is 13.3. The largest absolute Gasteiger partial charge is 0.444 e. The van der Waals surface area contributed by atoms with Gasteiger partial charge in [0, 0.05) is 32.7 Å². The molecule has 4 amide bonds. The van der Waals surface area contributed by atoms with Crippen LogP contribution in [0.4, 0.5) is 9.59 Å². The first-order valence-corrected chi connectivity index (χ1v) is 15.4. The topological polar surface area (TPSA) is 147 Å². The third-order valence-corrected chi connectivity index (χ3v) is 6.31. The number of nitrogens with zero attached hydrogens (tertiary/aromatic N) is 1. The first-order valence-electron chi connectivity index (χ1n) is 14.0. The molecule has 1 heterocycles. The van der Waals surface area contributed by atoms with E-state index in [2.05, 4.69) is 26.2 Å². The van der Waals surface area contributed by atoms with Gasteiger partial charge < -0.3 is 35.5 Å². The van der Waals surface area contributed by atoms with Crippen molar-refractivity contribution < 1.29 is 33.4 Å². The van der Waals surface area contributed by atoms with Crippen LogP contribution in [0, 0.1) is 0 Å². The monoisotopic (exact) mass is 589 g/mol. The number of carbonyl (C=O) groups excluding carboxylic acids is 4. The number of ether oxygens (including phenoxy) is 3. The van der Waals surface area contributed by atoms with E-state index in [0.717, 1.165) is 13.1 Å². The molecule has 0 spiro atoms. The zero-order chi connectivity index (χ0) is 30.2. The molecule has 1 aliphatic rings. The maximum atomic E-state index is 13.3. The normalized spacial score (nSPS) is 15.9. The van der Waals surface area contributed by atoms with Gasteiger partial charge in [-0.05, 0) is 79.2 Å². The zero-order valence-electron chi connectivity index (χ0n) is 25.4. The van der Waals surface area contributed by atoms with Gasteiger partial charge in [-0.15, -0.1) is 0 Å². The highest BCUT2D eigenvalue weighted by Crippen LogP contribution is 2.10. The Hall–Kier alpha value is -2.25. The van der Waals surface area contributed by atoms with Crippen LogP contribution in [0.5, 0.6) is 0 Å². The van der Waals surface area contributed by atoms with Crippen molar-refractivity contribution in [2.45, 2.75) is 90.5 Å². The van der Waals surface area contributed by atoms with Gasteiger partial charge in [0.15, 0.2) is 0 Å². The number of rotatable bonds is 15. The minimum absolute atomic E-state index is 0.256. The Kier molecular flexibility index (Phi) is 16.3. The van der Waals surface area contributed by atoms with Crippen molar-refractivity contribution in [3.8, 4) is 0 Å². The van der Waals surface area contributed by atoms with Gasteiger partial charge in [-0.25, -0.2) is 9.59 Å². The Bertz CT molecular complexity index is 795. The predicted octanol–water partition coefficient (Wildman–Crippen LogP) is 2.26. The lowest BCUT2D eigenvalue weighted by atomic mass is 10.1. The summed E-state index contributed by atoms with van der Waals surface area (Å²) < 4.78 is 15.9. The molecule has 1 saturated heterocycles. The number of morpholine rings is 1. The van der Waals surface area contributed by atoms with Gasteiger partial charge in [-0.1, -0.05) is 0 Å². The molecular formula is C27H51N5O7S. The molecule has 0 aromatic heterocycles. The summed E-state index contributed by atoms with van der Waals surface area (Å²) in [5.74, 6) is -0.0314. The van der Waals surface area contributed by atoms with Gasteiger partial charge in [0.25, 0.3) is 0 Å². The lowest BCUT2D eigenvalue weighted by Crippen LogP contribution is -2.55. The SMILES string of the molecule is CSCC[C@H](NC(=O)[C@H](CCCCNC(=O)OC(C)(C)C)NC(=O)OC(C)(C)C)C(=O)NCCN1CCOCC1. The summed E-state index contributed by atoms with van der Waals surface area (Å²) in [6.07, 6.45) is 2.57. The lowest BCUT2D eigenvalue weighted by Gasteiger charge is -2.27. The molecule has 1 rings (SSSR count). The van der Waals surface area contributed by atoms with Gasteiger partial charge >= 0.3 is 12.2 Å². The summed E-state index contributed by atoms with van der Waals surface area (Å²) in [5.41, 5.74) is -1.32. The van der Waals surface area contributed by atoms with Crippen LogP contribution in [0.3, 0.4) is 0 Å². The first-order chi connectivity index (χ1) is 18.7. The van der Waals surface area contributed by atoms with Crippen molar-refractivity contribution in [3.05, 3.63) is 0 Å². The number of alkyl carbamates (subject to hydrolysis) is 2. The smallest absolute Gasteiger partial charge is 0.408 e. The van der Waals surface area contributed by atoms with Crippen LogP contribution in [0.25, 0.3) is 0 Å². The van der Waals surface area contributed by atoms with Gasteiger partial charge in [-0.2, -0.15) is 11.8 Å². The molecule has 0 bridgehead atoms. The molecule has 0 radical (unpaired) electrons. The summed E-state index contributed by atoms with van der Waals surface area (Å²) >= 11 is 1.58. The van der Waals surface area contributed by atoms with Gasteiger partial charge in [0.1, 0.15) is 23.3 Å². The molecular weight excluding hydrogens is 538 g/mol. The number of carbonyl (C=O) groups is 4. The van der Waals surface area contributed by atoms with Crippen molar-refractivity contribution in [1.82, 2.24) is 26.2 Å². The number of hydrogen-bond donors (Lipinski definition) is 4. The summed E-state index contributed by atoms with van der Waals surface area (Å²) in [6, 6.07) is -1.64. The number of thioether (sulfide) groups is 1. The molecule has 0 unspecified atom stereocenters. The van der Waals surface area contributed by atoms with Gasteiger partial charge in [-0.3, -0.25) is 14.5 Å². The van der Waals surface area contributed by atoms with Crippen LogP contribution in [0.15, 0.2) is 0 Å². The quantitative estimate of drug-likeness (QED) is 0.211. The van der Waals surface area contributed by atoms with Gasteiger partial charge in [0.05, 0.1) is 13.2 Å². The highest BCUT2D eigenvalue weighted by molar-refractivity contribution is 7.98. The average molecular weight is 590 g/mol. The van der Waals surface area contributed by atoms with E-state index in [1.165, 1.54) is 0 Å². The third-order valence-electron chi connectivity index (χ3n) is 5.67. The van der Waals surface area contributed by atoms with E-state index in [9.17, 15) is 19.2 Å². The van der Waals surface area contributed by atoms with Crippen LogP contribution in [-0.2, 0) is 23.8 Å². The van der Waals surface area contributed by atoms with Crippen LogP contribution in [-0.4, -0.2) is 110 Å². The second-order valence-corrected chi connectivity index (χ2v) is 12.7. The number of unbranched alkanes of at least 4 members (excludes halogenated alkanes) is 1. The second-order valence-electron chi connectivity index (χ2n) is 11.7. The molecule has 0 saturated carbocycles. The van der Waals surface area contributed by atoms with E-state index in [1.54, 1.807) is 53.3 Å². The van der Waals surface area contributed by atoms with Crippen molar-refractivity contribution in [3.63, 3.8) is 0 Å². The fourth-order valence-electron chi connectivity index (χ4n) is 3.76. The average Bonchev–Trinajstić information content (AvgIpc) is 2.83. The highest BCUT2D eigenvalue weighted by Gasteiger charge is 2.28. The van der Waals surface area contributed by atoms with Crippen LogP contribution in [0.1, 0.15) is 67.2 Å². The number of nitrogens with one attached hydrogen (secondary N) is 4.